The molecule has 2 N–H and O–H groups in total. The summed E-state index contributed by atoms with van der Waals surface area (Å²) >= 11 is 0. The van der Waals surface area contributed by atoms with Gasteiger partial charge in [-0.25, -0.2) is 4.79 Å². The summed E-state index contributed by atoms with van der Waals surface area (Å²) in [6.45, 7) is 6.60. The van der Waals surface area contributed by atoms with Gasteiger partial charge in [-0.1, -0.05) is 30.3 Å². The van der Waals surface area contributed by atoms with Gasteiger partial charge in [-0.15, -0.1) is 0 Å². The summed E-state index contributed by atoms with van der Waals surface area (Å²) in [5.41, 5.74) is 3.12. The molecule has 0 radical (unpaired) electrons. The summed E-state index contributed by atoms with van der Waals surface area (Å²) in [4.78, 5) is 43.9. The second-order valence-electron chi connectivity index (χ2n) is 7.45. The van der Waals surface area contributed by atoms with Gasteiger partial charge in [0.1, 0.15) is 5.69 Å². The summed E-state index contributed by atoms with van der Waals surface area (Å²) in [6.07, 6.45) is 0. The van der Waals surface area contributed by atoms with Crippen LogP contribution in [0.1, 0.15) is 37.7 Å². The zero-order valence-corrected chi connectivity index (χ0v) is 17.7. The number of hydrogen-bond acceptors (Lipinski definition) is 5. The molecule has 0 saturated carbocycles. The molecule has 2 aromatic rings. The fourth-order valence-electron chi connectivity index (χ4n) is 3.69. The first-order valence-corrected chi connectivity index (χ1v) is 10.0. The second-order valence-corrected chi connectivity index (χ2v) is 7.45. The summed E-state index contributed by atoms with van der Waals surface area (Å²) < 4.78 is 4.81. The number of hydrogen-bond donors (Lipinski definition) is 2. The summed E-state index contributed by atoms with van der Waals surface area (Å²) in [5, 5.41) is 2.93. The van der Waals surface area contributed by atoms with Crippen molar-refractivity contribution in [3.8, 4) is 0 Å². The third kappa shape index (κ3) is 4.88. The molecule has 8 nitrogen and oxygen atoms in total. The average Bonchev–Trinajstić information content (AvgIpc) is 3.06. The lowest BCUT2D eigenvalue weighted by Crippen LogP contribution is -2.51. The number of H-pyrrole nitrogens is 1. The minimum atomic E-state index is -0.452. The monoisotopic (exact) mass is 412 g/mol. The molecule has 160 valence electrons. The van der Waals surface area contributed by atoms with Crippen LogP contribution in [0.2, 0.25) is 0 Å². The van der Waals surface area contributed by atoms with Crippen molar-refractivity contribution in [2.75, 3.05) is 39.8 Å². The predicted molar refractivity (Wildman–Crippen MR) is 112 cm³/mol. The lowest BCUT2D eigenvalue weighted by atomic mass is 10.1. The van der Waals surface area contributed by atoms with Crippen LogP contribution in [0, 0.1) is 13.8 Å². The molecule has 1 aliphatic heterocycles. The number of carbonyl (C=O) groups excluding carboxylic acids is 3. The number of benzene rings is 1. The Morgan fingerprint density at radius 1 is 1.07 bits per heavy atom. The predicted octanol–water partition coefficient (Wildman–Crippen LogP) is 1.49. The molecule has 1 fully saturated rings. The van der Waals surface area contributed by atoms with Crippen LogP contribution < -0.4 is 5.32 Å². The number of esters is 1. The number of ether oxygens (including phenoxy) is 1. The van der Waals surface area contributed by atoms with Gasteiger partial charge in [0, 0.05) is 38.4 Å². The van der Waals surface area contributed by atoms with Crippen LogP contribution in [-0.4, -0.2) is 72.4 Å². The highest BCUT2D eigenvalue weighted by Crippen LogP contribution is 2.21. The highest BCUT2D eigenvalue weighted by Gasteiger charge is 2.28. The fourth-order valence-corrected chi connectivity index (χ4v) is 3.69. The number of rotatable bonds is 6. The Kier molecular flexibility index (Phi) is 6.89. The molecular formula is C22H28N4O4. The van der Waals surface area contributed by atoms with Crippen LogP contribution in [0.3, 0.4) is 0 Å². The number of carbonyl (C=O) groups is 3. The minimum Gasteiger partial charge on any atom is -0.465 e. The Bertz CT molecular complexity index is 915. The molecule has 1 saturated heterocycles. The Labute approximate surface area is 176 Å². The van der Waals surface area contributed by atoms with E-state index < -0.39 is 5.97 Å². The van der Waals surface area contributed by atoms with Gasteiger partial charge in [-0.3, -0.25) is 14.5 Å². The maximum atomic E-state index is 12.9. The molecule has 30 heavy (non-hydrogen) atoms. The van der Waals surface area contributed by atoms with E-state index in [1.807, 2.05) is 35.2 Å². The number of nitrogens with zero attached hydrogens (tertiary/aromatic N) is 2. The van der Waals surface area contributed by atoms with Crippen LogP contribution >= 0.6 is 0 Å². The van der Waals surface area contributed by atoms with Gasteiger partial charge in [0.15, 0.2) is 0 Å². The standard InChI is InChI=1S/C22H28N4O4/c1-15-19(22(29)30-3)16(2)24-20(15)21(28)26-11-9-25(10-12-26)14-18(27)23-13-17-7-5-4-6-8-17/h4-8,24H,9-14H2,1-3H3,(H,23,27). The van der Waals surface area contributed by atoms with E-state index in [0.717, 1.165) is 5.56 Å². The van der Waals surface area contributed by atoms with E-state index in [-0.39, 0.29) is 11.8 Å². The van der Waals surface area contributed by atoms with Gasteiger partial charge in [-0.2, -0.15) is 0 Å². The van der Waals surface area contributed by atoms with Gasteiger partial charge < -0.3 is 19.9 Å². The van der Waals surface area contributed by atoms with E-state index in [2.05, 4.69) is 10.3 Å². The van der Waals surface area contributed by atoms with E-state index in [1.165, 1.54) is 7.11 Å². The first-order valence-electron chi connectivity index (χ1n) is 10.0. The number of piperazine rings is 1. The van der Waals surface area contributed by atoms with Crippen molar-refractivity contribution in [3.05, 3.63) is 58.4 Å². The van der Waals surface area contributed by atoms with Crippen LogP contribution in [0.5, 0.6) is 0 Å². The smallest absolute Gasteiger partial charge is 0.339 e. The molecule has 0 aliphatic carbocycles. The molecule has 2 amide bonds. The molecule has 1 aliphatic rings. The molecule has 0 atom stereocenters. The highest BCUT2D eigenvalue weighted by molar-refractivity contribution is 6.00. The summed E-state index contributed by atoms with van der Waals surface area (Å²) in [7, 11) is 1.32. The third-order valence-electron chi connectivity index (χ3n) is 5.40. The molecule has 1 aromatic carbocycles. The SMILES string of the molecule is COC(=O)c1c(C)[nH]c(C(=O)N2CCN(CC(=O)NCc3ccccc3)CC2)c1C. The fraction of sp³-hybridized carbons (Fsp3) is 0.409. The molecule has 1 aromatic heterocycles. The van der Waals surface area contributed by atoms with E-state index in [1.54, 1.807) is 18.7 Å². The Hall–Kier alpha value is -3.13. The molecule has 0 spiro atoms. The van der Waals surface area contributed by atoms with Crippen molar-refractivity contribution in [2.45, 2.75) is 20.4 Å². The molecule has 2 heterocycles. The van der Waals surface area contributed by atoms with Gasteiger partial charge in [0.2, 0.25) is 5.91 Å². The maximum Gasteiger partial charge on any atom is 0.339 e. The van der Waals surface area contributed by atoms with Crippen molar-refractivity contribution < 1.29 is 19.1 Å². The second kappa shape index (κ2) is 9.58. The molecule has 8 heteroatoms. The van der Waals surface area contributed by atoms with Crippen LogP contribution in [0.4, 0.5) is 0 Å². The van der Waals surface area contributed by atoms with Crippen LogP contribution in [0.25, 0.3) is 0 Å². The Morgan fingerprint density at radius 2 is 1.73 bits per heavy atom. The number of nitrogens with one attached hydrogen (secondary N) is 2. The van der Waals surface area contributed by atoms with Gasteiger partial charge in [0.25, 0.3) is 5.91 Å². The number of aromatic amines is 1. The molecular weight excluding hydrogens is 384 g/mol. The first kappa shape index (κ1) is 21.6. The number of amides is 2. The Morgan fingerprint density at radius 3 is 2.37 bits per heavy atom. The van der Waals surface area contributed by atoms with Crippen molar-refractivity contribution in [1.29, 1.82) is 0 Å². The highest BCUT2D eigenvalue weighted by atomic mass is 16.5. The third-order valence-corrected chi connectivity index (χ3v) is 5.40. The van der Waals surface area contributed by atoms with Gasteiger partial charge >= 0.3 is 5.97 Å². The number of aromatic nitrogens is 1. The van der Waals surface area contributed by atoms with Gasteiger partial charge in [-0.05, 0) is 25.0 Å². The molecule has 0 unspecified atom stereocenters. The van der Waals surface area contributed by atoms with E-state index in [0.29, 0.717) is 61.8 Å². The maximum absolute atomic E-state index is 12.9. The normalized spacial score (nSPS) is 14.4. The summed E-state index contributed by atoms with van der Waals surface area (Å²) in [6, 6.07) is 9.78. The quantitative estimate of drug-likeness (QED) is 0.701. The number of aryl methyl sites for hydroxylation is 1. The lowest BCUT2D eigenvalue weighted by molar-refractivity contribution is -0.122. The molecule has 3 rings (SSSR count). The van der Waals surface area contributed by atoms with E-state index in [9.17, 15) is 14.4 Å². The van der Waals surface area contributed by atoms with Gasteiger partial charge in [0.05, 0.1) is 19.2 Å². The van der Waals surface area contributed by atoms with Crippen LogP contribution in [-0.2, 0) is 16.1 Å². The average molecular weight is 412 g/mol. The van der Waals surface area contributed by atoms with Crippen molar-refractivity contribution >= 4 is 17.8 Å². The number of methoxy groups -OCH3 is 1. The van der Waals surface area contributed by atoms with E-state index >= 15 is 0 Å². The minimum absolute atomic E-state index is 0.0304. The zero-order chi connectivity index (χ0) is 21.7. The zero-order valence-electron chi connectivity index (χ0n) is 17.7. The van der Waals surface area contributed by atoms with E-state index in [4.69, 9.17) is 4.74 Å². The molecule has 0 bridgehead atoms. The van der Waals surface area contributed by atoms with Crippen LogP contribution in [0.15, 0.2) is 30.3 Å². The summed E-state index contributed by atoms with van der Waals surface area (Å²) in [5.74, 6) is -0.622. The largest absolute Gasteiger partial charge is 0.465 e. The first-order chi connectivity index (χ1) is 14.4. The van der Waals surface area contributed by atoms with Crippen molar-refractivity contribution in [3.63, 3.8) is 0 Å². The van der Waals surface area contributed by atoms with Crippen molar-refractivity contribution in [2.24, 2.45) is 0 Å². The Balaban J connectivity index is 1.51. The topological polar surface area (TPSA) is 94.7 Å². The van der Waals surface area contributed by atoms with Crippen molar-refractivity contribution in [1.82, 2.24) is 20.1 Å². The lowest BCUT2D eigenvalue weighted by Gasteiger charge is -2.34.